The van der Waals surface area contributed by atoms with Gasteiger partial charge in [0.2, 0.25) is 23.6 Å². The third-order valence-electron chi connectivity index (χ3n) is 4.45. The minimum absolute atomic E-state index is 0.137. The quantitative estimate of drug-likeness (QED) is 0.117. The molecular formula is C18H34N6O7. The van der Waals surface area contributed by atoms with E-state index in [0.717, 1.165) is 0 Å². The molecule has 11 N–H and O–H groups in total. The first-order valence-electron chi connectivity index (χ1n) is 9.96. The molecule has 0 fully saturated rings. The van der Waals surface area contributed by atoms with Crippen molar-refractivity contribution in [3.8, 4) is 0 Å². The number of nitrogens with one attached hydrogen (secondary N) is 3. The van der Waals surface area contributed by atoms with Gasteiger partial charge in [-0.3, -0.25) is 19.2 Å². The lowest BCUT2D eigenvalue weighted by atomic mass is 10.1. The van der Waals surface area contributed by atoms with Crippen molar-refractivity contribution in [2.75, 3.05) is 6.54 Å². The van der Waals surface area contributed by atoms with Crippen LogP contribution in [0.4, 0.5) is 0 Å². The molecule has 0 aromatic carbocycles. The Labute approximate surface area is 180 Å². The molecule has 0 saturated heterocycles. The van der Waals surface area contributed by atoms with E-state index in [0.29, 0.717) is 19.4 Å². The Morgan fingerprint density at radius 3 is 1.94 bits per heavy atom. The Kier molecular flexibility index (Phi) is 13.0. The number of aliphatic hydroxyl groups is 1. The molecule has 4 amide bonds. The predicted octanol–water partition coefficient (Wildman–Crippen LogP) is -3.35. The Bertz CT molecular complexity index is 643. The number of carbonyl (C=O) groups excluding carboxylic acids is 4. The molecule has 5 unspecified atom stereocenters. The van der Waals surface area contributed by atoms with Gasteiger partial charge >= 0.3 is 5.97 Å². The number of aliphatic carboxylic acids is 1. The highest BCUT2D eigenvalue weighted by atomic mass is 16.4. The van der Waals surface area contributed by atoms with Crippen LogP contribution in [0.3, 0.4) is 0 Å². The van der Waals surface area contributed by atoms with Crippen LogP contribution in [0.1, 0.15) is 46.0 Å². The van der Waals surface area contributed by atoms with Crippen molar-refractivity contribution in [3.63, 3.8) is 0 Å². The normalized spacial score (nSPS) is 15.6. The van der Waals surface area contributed by atoms with Gasteiger partial charge in [0.15, 0.2) is 0 Å². The molecule has 13 heteroatoms. The number of hydrogen-bond acceptors (Lipinski definition) is 8. The van der Waals surface area contributed by atoms with Crippen LogP contribution in [0.25, 0.3) is 0 Å². The lowest BCUT2D eigenvalue weighted by molar-refractivity contribution is -0.142. The zero-order valence-electron chi connectivity index (χ0n) is 17.8. The average Bonchev–Trinajstić information content (AvgIpc) is 2.68. The molecule has 0 saturated carbocycles. The highest BCUT2D eigenvalue weighted by Gasteiger charge is 2.29. The van der Waals surface area contributed by atoms with Gasteiger partial charge in [-0.15, -0.1) is 0 Å². The Hall–Kier alpha value is -2.77. The number of carbonyl (C=O) groups is 5. The molecule has 0 aliphatic rings. The van der Waals surface area contributed by atoms with Gasteiger partial charge in [0.1, 0.15) is 24.2 Å². The first-order chi connectivity index (χ1) is 14.4. The van der Waals surface area contributed by atoms with Crippen molar-refractivity contribution in [3.05, 3.63) is 0 Å². The fourth-order valence-corrected chi connectivity index (χ4v) is 2.47. The van der Waals surface area contributed by atoms with E-state index in [9.17, 15) is 34.2 Å². The van der Waals surface area contributed by atoms with Crippen LogP contribution in [0, 0.1) is 0 Å². The number of nitrogens with two attached hydrogens (primary N) is 3. The number of rotatable bonds is 15. The highest BCUT2D eigenvalue weighted by molar-refractivity contribution is 5.94. The monoisotopic (exact) mass is 446 g/mol. The highest BCUT2D eigenvalue weighted by Crippen LogP contribution is 2.04. The molecule has 178 valence electrons. The number of unbranched alkanes of at least 4 members (excludes halogenated alkanes) is 1. The minimum Gasteiger partial charge on any atom is -0.480 e. The zero-order chi connectivity index (χ0) is 24.1. The van der Waals surface area contributed by atoms with Gasteiger partial charge in [-0.1, -0.05) is 0 Å². The topological polar surface area (TPSA) is 240 Å². The van der Waals surface area contributed by atoms with Gasteiger partial charge in [-0.25, -0.2) is 4.79 Å². The van der Waals surface area contributed by atoms with Gasteiger partial charge in [0.05, 0.1) is 6.10 Å². The summed E-state index contributed by atoms with van der Waals surface area (Å²) in [5.74, 6) is -4.33. The molecule has 13 nitrogen and oxygen atoms in total. The van der Waals surface area contributed by atoms with Crippen LogP contribution in [0.15, 0.2) is 0 Å². The minimum atomic E-state index is -1.26. The second-order valence-corrected chi connectivity index (χ2v) is 7.25. The molecule has 0 aliphatic heterocycles. The van der Waals surface area contributed by atoms with E-state index in [1.54, 1.807) is 0 Å². The molecule has 0 bridgehead atoms. The van der Waals surface area contributed by atoms with Crippen molar-refractivity contribution in [1.29, 1.82) is 0 Å². The van der Waals surface area contributed by atoms with Crippen LogP contribution in [-0.2, 0) is 24.0 Å². The maximum atomic E-state index is 12.6. The van der Waals surface area contributed by atoms with Gasteiger partial charge in [0, 0.05) is 6.42 Å². The third-order valence-corrected chi connectivity index (χ3v) is 4.45. The van der Waals surface area contributed by atoms with E-state index >= 15 is 0 Å². The second kappa shape index (κ2) is 14.3. The van der Waals surface area contributed by atoms with Gasteiger partial charge in [-0.2, -0.15) is 0 Å². The number of carboxylic acid groups (broad SMARTS) is 1. The summed E-state index contributed by atoms with van der Waals surface area (Å²) in [4.78, 5) is 59.4. The Morgan fingerprint density at radius 2 is 1.45 bits per heavy atom. The molecule has 0 aromatic heterocycles. The SMILES string of the molecule is CC(NC(=O)C(N)C(C)O)C(=O)NC(CCC(N)=O)C(=O)NC(CCCCN)C(=O)O. The van der Waals surface area contributed by atoms with Crippen LogP contribution in [0.2, 0.25) is 0 Å². The summed E-state index contributed by atoms with van der Waals surface area (Å²) in [5.41, 5.74) is 16.0. The summed E-state index contributed by atoms with van der Waals surface area (Å²) in [7, 11) is 0. The van der Waals surface area contributed by atoms with Crippen molar-refractivity contribution < 1.29 is 34.2 Å². The van der Waals surface area contributed by atoms with E-state index in [1.165, 1.54) is 13.8 Å². The lowest BCUT2D eigenvalue weighted by Crippen LogP contribution is -2.57. The van der Waals surface area contributed by atoms with Crippen LogP contribution < -0.4 is 33.2 Å². The number of primary amides is 1. The van der Waals surface area contributed by atoms with Crippen LogP contribution in [-0.4, -0.2) is 76.6 Å². The maximum Gasteiger partial charge on any atom is 0.326 e. The standard InChI is InChI=1S/C18H34N6O7/c1-9(22-17(29)14(21)10(2)25)15(27)23-11(6-7-13(20)26)16(28)24-12(18(30)31)5-3-4-8-19/h9-12,14,25H,3-8,19,21H2,1-2H3,(H2,20,26)(H,22,29)(H,23,27)(H,24,28)(H,30,31). The zero-order valence-corrected chi connectivity index (χ0v) is 17.8. The molecule has 31 heavy (non-hydrogen) atoms. The largest absolute Gasteiger partial charge is 0.480 e. The summed E-state index contributed by atoms with van der Waals surface area (Å²) in [6, 6.07) is -4.84. The smallest absolute Gasteiger partial charge is 0.326 e. The molecule has 5 atom stereocenters. The molecule has 0 rings (SSSR count). The first-order valence-corrected chi connectivity index (χ1v) is 9.96. The Morgan fingerprint density at radius 1 is 0.871 bits per heavy atom. The Balaban J connectivity index is 5.16. The number of aliphatic hydroxyl groups excluding tert-OH is 1. The first kappa shape index (κ1) is 28.2. The van der Waals surface area contributed by atoms with E-state index in [-0.39, 0.29) is 19.3 Å². The van der Waals surface area contributed by atoms with Crippen LogP contribution in [0.5, 0.6) is 0 Å². The number of carboxylic acids is 1. The lowest BCUT2D eigenvalue weighted by Gasteiger charge is -2.24. The van der Waals surface area contributed by atoms with E-state index < -0.39 is 59.9 Å². The average molecular weight is 447 g/mol. The van der Waals surface area contributed by atoms with E-state index in [2.05, 4.69) is 16.0 Å². The van der Waals surface area contributed by atoms with Gasteiger partial charge in [0.25, 0.3) is 0 Å². The second-order valence-electron chi connectivity index (χ2n) is 7.25. The molecule has 0 spiro atoms. The van der Waals surface area contributed by atoms with E-state index in [4.69, 9.17) is 17.2 Å². The van der Waals surface area contributed by atoms with Crippen molar-refractivity contribution in [2.24, 2.45) is 17.2 Å². The van der Waals surface area contributed by atoms with Gasteiger partial charge in [-0.05, 0) is 46.1 Å². The molecule has 0 aliphatic carbocycles. The summed E-state index contributed by atoms with van der Waals surface area (Å²) < 4.78 is 0. The summed E-state index contributed by atoms with van der Waals surface area (Å²) >= 11 is 0. The summed E-state index contributed by atoms with van der Waals surface area (Å²) in [6.45, 7) is 3.02. The molecular weight excluding hydrogens is 412 g/mol. The van der Waals surface area contributed by atoms with Crippen molar-refractivity contribution >= 4 is 29.6 Å². The van der Waals surface area contributed by atoms with Crippen molar-refractivity contribution in [1.82, 2.24) is 16.0 Å². The third kappa shape index (κ3) is 11.3. The maximum absolute atomic E-state index is 12.6. The molecule has 0 aromatic rings. The molecule has 0 heterocycles. The number of amides is 4. The fourth-order valence-electron chi connectivity index (χ4n) is 2.47. The van der Waals surface area contributed by atoms with Gasteiger partial charge < -0.3 is 43.4 Å². The fraction of sp³-hybridized carbons (Fsp3) is 0.722. The van der Waals surface area contributed by atoms with E-state index in [1.807, 2.05) is 0 Å². The predicted molar refractivity (Wildman–Crippen MR) is 110 cm³/mol. The summed E-state index contributed by atoms with van der Waals surface area (Å²) in [5, 5.41) is 25.6. The summed E-state index contributed by atoms with van der Waals surface area (Å²) in [6.07, 6.45) is -0.367. The van der Waals surface area contributed by atoms with Crippen molar-refractivity contribution in [2.45, 2.75) is 76.2 Å². The molecule has 0 radical (unpaired) electrons. The number of hydrogen-bond donors (Lipinski definition) is 8. The van der Waals surface area contributed by atoms with Crippen LogP contribution >= 0.6 is 0 Å².